The molecule has 0 radical (unpaired) electrons. The van der Waals surface area contributed by atoms with E-state index in [9.17, 15) is 0 Å². The van der Waals surface area contributed by atoms with Crippen LogP contribution in [0.15, 0.2) is 10.4 Å². The van der Waals surface area contributed by atoms with Crippen molar-refractivity contribution in [2.24, 2.45) is 10.7 Å². The molecule has 15 heavy (non-hydrogen) atoms. The highest BCUT2D eigenvalue weighted by molar-refractivity contribution is 7.09. The maximum Gasteiger partial charge on any atom is 0.189 e. The zero-order chi connectivity index (χ0) is 11.3. The fraction of sp³-hybridized carbons (Fsp3) is 0.600. The van der Waals surface area contributed by atoms with Crippen molar-refractivity contribution >= 4 is 17.3 Å². The molecule has 5 heteroatoms. The lowest BCUT2D eigenvalue weighted by atomic mass is 10.3. The van der Waals surface area contributed by atoms with E-state index >= 15 is 0 Å². The third kappa shape index (κ3) is 3.87. The normalized spacial score (nSPS) is 13.9. The van der Waals surface area contributed by atoms with Crippen LogP contribution in [0.25, 0.3) is 0 Å². The summed E-state index contributed by atoms with van der Waals surface area (Å²) in [4.78, 5) is 8.56. The van der Waals surface area contributed by atoms with E-state index < -0.39 is 0 Å². The first-order valence-corrected chi connectivity index (χ1v) is 6.00. The number of aliphatic imine (C=N–C) groups is 1. The summed E-state index contributed by atoms with van der Waals surface area (Å²) in [6.07, 6.45) is 1.01. The van der Waals surface area contributed by atoms with Gasteiger partial charge in [-0.15, -0.1) is 11.3 Å². The van der Waals surface area contributed by atoms with Crippen LogP contribution in [-0.2, 0) is 0 Å². The number of rotatable bonds is 4. The average Bonchev–Trinajstić information content (AvgIpc) is 2.61. The molecule has 0 aromatic carbocycles. The van der Waals surface area contributed by atoms with Gasteiger partial charge in [-0.3, -0.25) is 4.99 Å². The molecule has 1 unspecified atom stereocenters. The molecule has 3 N–H and O–H groups in total. The second-order valence-electron chi connectivity index (χ2n) is 3.46. The van der Waals surface area contributed by atoms with Crippen molar-refractivity contribution in [3.63, 3.8) is 0 Å². The van der Waals surface area contributed by atoms with Crippen molar-refractivity contribution in [3.8, 4) is 0 Å². The molecule has 0 saturated carbocycles. The largest absolute Gasteiger partial charge is 0.370 e. The molecule has 0 aliphatic rings. The first-order valence-electron chi connectivity index (χ1n) is 5.12. The first kappa shape index (κ1) is 12.0. The van der Waals surface area contributed by atoms with Crippen LogP contribution in [-0.4, -0.2) is 17.5 Å². The molecule has 84 valence electrons. The number of hydrogen-bond donors (Lipinski definition) is 2. The van der Waals surface area contributed by atoms with Crippen LogP contribution in [0.2, 0.25) is 0 Å². The Morgan fingerprint density at radius 1 is 1.73 bits per heavy atom. The van der Waals surface area contributed by atoms with Gasteiger partial charge in [0.2, 0.25) is 0 Å². The minimum Gasteiger partial charge on any atom is -0.370 e. The summed E-state index contributed by atoms with van der Waals surface area (Å²) in [6.45, 7) is 6.86. The molecule has 1 aromatic heterocycles. The molecule has 4 nitrogen and oxygen atoms in total. The van der Waals surface area contributed by atoms with Crippen LogP contribution >= 0.6 is 11.3 Å². The number of aryl methyl sites for hydroxylation is 1. The number of thiazole rings is 1. The molecule has 0 spiro atoms. The molecular formula is C10H18N4S. The van der Waals surface area contributed by atoms with Gasteiger partial charge in [-0.25, -0.2) is 4.98 Å². The number of aromatic nitrogens is 1. The smallest absolute Gasteiger partial charge is 0.189 e. The zero-order valence-electron chi connectivity index (χ0n) is 9.45. The fourth-order valence-corrected chi connectivity index (χ4v) is 1.94. The molecular weight excluding hydrogens is 208 g/mol. The Bertz CT molecular complexity index is 332. The third-order valence-electron chi connectivity index (χ3n) is 1.88. The van der Waals surface area contributed by atoms with Gasteiger partial charge in [-0.1, -0.05) is 6.92 Å². The Hall–Kier alpha value is -1.10. The summed E-state index contributed by atoms with van der Waals surface area (Å²) < 4.78 is 0. The second-order valence-corrected chi connectivity index (χ2v) is 4.35. The number of hydrogen-bond acceptors (Lipinski definition) is 3. The SMILES string of the molecule is CCCN=C(N)NC(C)c1nc(C)cs1. The predicted octanol–water partition coefficient (Wildman–Crippen LogP) is 1.83. The van der Waals surface area contributed by atoms with Crippen LogP contribution in [0.3, 0.4) is 0 Å². The maximum atomic E-state index is 5.72. The van der Waals surface area contributed by atoms with Crippen molar-refractivity contribution in [1.29, 1.82) is 0 Å². The van der Waals surface area contributed by atoms with Gasteiger partial charge in [0.05, 0.1) is 6.04 Å². The van der Waals surface area contributed by atoms with E-state index in [0.29, 0.717) is 5.96 Å². The van der Waals surface area contributed by atoms with E-state index in [1.54, 1.807) is 11.3 Å². The molecule has 1 atom stereocenters. The lowest BCUT2D eigenvalue weighted by Gasteiger charge is -2.11. The molecule has 0 fully saturated rings. The monoisotopic (exact) mass is 226 g/mol. The van der Waals surface area contributed by atoms with Gasteiger partial charge in [0.25, 0.3) is 0 Å². The highest BCUT2D eigenvalue weighted by atomic mass is 32.1. The van der Waals surface area contributed by atoms with Crippen LogP contribution in [0.4, 0.5) is 0 Å². The number of nitrogens with two attached hydrogens (primary N) is 1. The Kier molecular flexibility index (Phi) is 4.55. The van der Waals surface area contributed by atoms with Gasteiger partial charge in [-0.2, -0.15) is 0 Å². The minimum absolute atomic E-state index is 0.129. The summed E-state index contributed by atoms with van der Waals surface area (Å²) in [6, 6.07) is 0.129. The van der Waals surface area contributed by atoms with E-state index in [1.165, 1.54) is 0 Å². The Morgan fingerprint density at radius 2 is 2.47 bits per heavy atom. The highest BCUT2D eigenvalue weighted by Gasteiger charge is 2.09. The second kappa shape index (κ2) is 5.70. The van der Waals surface area contributed by atoms with Gasteiger partial charge >= 0.3 is 0 Å². The quantitative estimate of drug-likeness (QED) is 0.608. The molecule has 1 aromatic rings. The Morgan fingerprint density at radius 3 is 3.00 bits per heavy atom. The van der Waals surface area contributed by atoms with Crippen LogP contribution in [0.5, 0.6) is 0 Å². The van der Waals surface area contributed by atoms with Gasteiger partial charge < -0.3 is 11.1 Å². The summed E-state index contributed by atoms with van der Waals surface area (Å²) in [5.41, 5.74) is 6.77. The van der Waals surface area contributed by atoms with E-state index in [4.69, 9.17) is 5.73 Å². The molecule has 0 aliphatic carbocycles. The minimum atomic E-state index is 0.129. The Labute approximate surface area is 94.6 Å². The topological polar surface area (TPSA) is 63.3 Å². The van der Waals surface area contributed by atoms with Crippen molar-refractivity contribution in [2.45, 2.75) is 33.2 Å². The molecule has 0 bridgehead atoms. The summed E-state index contributed by atoms with van der Waals surface area (Å²) in [5.74, 6) is 0.497. The molecule has 0 saturated heterocycles. The summed E-state index contributed by atoms with van der Waals surface area (Å²) in [7, 11) is 0. The van der Waals surface area contributed by atoms with Crippen molar-refractivity contribution in [1.82, 2.24) is 10.3 Å². The predicted molar refractivity (Wildman–Crippen MR) is 65.2 cm³/mol. The van der Waals surface area contributed by atoms with Crippen LogP contribution in [0.1, 0.15) is 37.0 Å². The molecule has 0 aliphatic heterocycles. The fourth-order valence-electron chi connectivity index (χ4n) is 1.13. The Balaban J connectivity index is 2.52. The lowest BCUT2D eigenvalue weighted by Crippen LogP contribution is -2.33. The van der Waals surface area contributed by atoms with Crippen molar-refractivity contribution in [2.75, 3.05) is 6.54 Å². The number of guanidine groups is 1. The molecule has 0 amide bonds. The van der Waals surface area contributed by atoms with E-state index in [1.807, 2.05) is 19.2 Å². The molecule has 1 heterocycles. The first-order chi connectivity index (χ1) is 7.13. The standard InChI is InChI=1S/C10H18N4S/c1-4-5-12-10(11)14-8(3)9-13-7(2)6-15-9/h6,8H,4-5H2,1-3H3,(H3,11,12,14). The number of nitrogens with zero attached hydrogens (tertiary/aromatic N) is 2. The lowest BCUT2D eigenvalue weighted by molar-refractivity contribution is 0.698. The summed E-state index contributed by atoms with van der Waals surface area (Å²) in [5, 5.41) is 6.20. The van der Waals surface area contributed by atoms with E-state index in [2.05, 4.69) is 22.2 Å². The zero-order valence-corrected chi connectivity index (χ0v) is 10.3. The maximum absolute atomic E-state index is 5.72. The van der Waals surface area contributed by atoms with E-state index in [0.717, 1.165) is 23.7 Å². The van der Waals surface area contributed by atoms with Gasteiger partial charge in [0, 0.05) is 17.6 Å². The average molecular weight is 226 g/mol. The van der Waals surface area contributed by atoms with Gasteiger partial charge in [-0.05, 0) is 20.3 Å². The molecule has 1 rings (SSSR count). The van der Waals surface area contributed by atoms with E-state index in [-0.39, 0.29) is 6.04 Å². The van der Waals surface area contributed by atoms with Crippen molar-refractivity contribution in [3.05, 3.63) is 16.1 Å². The number of nitrogens with one attached hydrogen (secondary N) is 1. The van der Waals surface area contributed by atoms with Crippen LogP contribution in [0, 0.1) is 6.92 Å². The highest BCUT2D eigenvalue weighted by Crippen LogP contribution is 2.16. The van der Waals surface area contributed by atoms with Gasteiger partial charge in [0.15, 0.2) is 5.96 Å². The van der Waals surface area contributed by atoms with Crippen molar-refractivity contribution < 1.29 is 0 Å². The van der Waals surface area contributed by atoms with Crippen LogP contribution < -0.4 is 11.1 Å². The van der Waals surface area contributed by atoms with Gasteiger partial charge in [0.1, 0.15) is 5.01 Å². The summed E-state index contributed by atoms with van der Waals surface area (Å²) >= 11 is 1.64. The third-order valence-corrected chi connectivity index (χ3v) is 3.02.